The quantitative estimate of drug-likeness (QED) is 0.638. The van der Waals surface area contributed by atoms with Gasteiger partial charge in [0.1, 0.15) is 6.26 Å². The van der Waals surface area contributed by atoms with Crippen LogP contribution < -0.4 is 5.32 Å². The van der Waals surface area contributed by atoms with Crippen molar-refractivity contribution in [2.45, 2.75) is 19.9 Å². The van der Waals surface area contributed by atoms with Gasteiger partial charge in [-0.2, -0.15) is 0 Å². The Bertz CT molecular complexity index is 160. The van der Waals surface area contributed by atoms with Crippen LogP contribution in [-0.2, 0) is 6.54 Å². The second-order valence-corrected chi connectivity index (χ2v) is 2.17. The highest BCUT2D eigenvalue weighted by atomic mass is 16.5. The van der Waals surface area contributed by atoms with E-state index in [2.05, 4.69) is 21.9 Å². The molecule has 0 spiro atoms. The van der Waals surface area contributed by atoms with Crippen molar-refractivity contribution in [1.29, 1.82) is 0 Å². The lowest BCUT2D eigenvalue weighted by atomic mass is 10.4. The van der Waals surface area contributed by atoms with Crippen LogP contribution in [0.15, 0.2) is 16.9 Å². The summed E-state index contributed by atoms with van der Waals surface area (Å²) in [7, 11) is 0. The molecule has 0 saturated carbocycles. The molecule has 0 aliphatic rings. The summed E-state index contributed by atoms with van der Waals surface area (Å²) >= 11 is 0. The van der Waals surface area contributed by atoms with Crippen LogP contribution in [0.2, 0.25) is 0 Å². The zero-order valence-electron chi connectivity index (χ0n) is 6.13. The van der Waals surface area contributed by atoms with Crippen LogP contribution in [0.5, 0.6) is 0 Å². The first-order valence-corrected chi connectivity index (χ1v) is 3.53. The molecule has 3 nitrogen and oxygen atoms in total. The first-order chi connectivity index (χ1) is 4.93. The fraction of sp³-hybridized carbons (Fsp3) is 0.571. The van der Waals surface area contributed by atoms with Gasteiger partial charge in [0.15, 0.2) is 0 Å². The molecule has 0 fully saturated rings. The maximum Gasteiger partial charge on any atom is 0.124 e. The highest BCUT2D eigenvalue weighted by Gasteiger charge is 1.92. The van der Waals surface area contributed by atoms with Gasteiger partial charge in [-0.25, -0.2) is 0 Å². The highest BCUT2D eigenvalue weighted by Crippen LogP contribution is 1.92. The van der Waals surface area contributed by atoms with E-state index in [1.165, 1.54) is 0 Å². The summed E-state index contributed by atoms with van der Waals surface area (Å²) in [5.74, 6) is 0. The Morgan fingerprint density at radius 2 is 2.60 bits per heavy atom. The van der Waals surface area contributed by atoms with Crippen molar-refractivity contribution in [3.63, 3.8) is 0 Å². The van der Waals surface area contributed by atoms with E-state index in [1.807, 2.05) is 6.07 Å². The summed E-state index contributed by atoms with van der Waals surface area (Å²) in [4.78, 5) is 0. The minimum absolute atomic E-state index is 0.810. The van der Waals surface area contributed by atoms with Gasteiger partial charge >= 0.3 is 0 Å². The lowest BCUT2D eigenvalue weighted by Gasteiger charge is -1.96. The SMILES string of the molecule is CCCNCc1ccon1. The maximum absolute atomic E-state index is 4.66. The molecule has 0 aliphatic heterocycles. The van der Waals surface area contributed by atoms with Crippen LogP contribution in [0.3, 0.4) is 0 Å². The normalized spacial score (nSPS) is 10.1. The van der Waals surface area contributed by atoms with Gasteiger partial charge < -0.3 is 9.84 Å². The molecule has 1 aromatic heterocycles. The molecule has 0 unspecified atom stereocenters. The maximum atomic E-state index is 4.66. The fourth-order valence-corrected chi connectivity index (χ4v) is 0.722. The Morgan fingerprint density at radius 1 is 1.70 bits per heavy atom. The molecule has 1 rings (SSSR count). The average Bonchev–Trinajstić information content (AvgIpc) is 2.41. The van der Waals surface area contributed by atoms with Crippen molar-refractivity contribution < 1.29 is 4.52 Å². The zero-order valence-corrected chi connectivity index (χ0v) is 6.13. The van der Waals surface area contributed by atoms with E-state index >= 15 is 0 Å². The summed E-state index contributed by atoms with van der Waals surface area (Å²) in [5, 5.41) is 6.97. The molecule has 56 valence electrons. The summed E-state index contributed by atoms with van der Waals surface area (Å²) in [6, 6.07) is 1.86. The molecule has 0 atom stereocenters. The molecule has 0 saturated heterocycles. The third-order valence-electron chi connectivity index (χ3n) is 1.22. The number of nitrogens with zero attached hydrogens (tertiary/aromatic N) is 1. The van der Waals surface area contributed by atoms with E-state index in [0.717, 1.165) is 25.2 Å². The van der Waals surface area contributed by atoms with E-state index in [4.69, 9.17) is 0 Å². The molecule has 1 heterocycles. The van der Waals surface area contributed by atoms with Crippen LogP contribution in [0, 0.1) is 0 Å². The highest BCUT2D eigenvalue weighted by molar-refractivity contribution is 4.93. The second-order valence-electron chi connectivity index (χ2n) is 2.17. The van der Waals surface area contributed by atoms with Crippen molar-refractivity contribution in [2.75, 3.05) is 6.54 Å². The van der Waals surface area contributed by atoms with Gasteiger partial charge in [-0.3, -0.25) is 0 Å². The molecule has 0 bridgehead atoms. The molecule has 10 heavy (non-hydrogen) atoms. The van der Waals surface area contributed by atoms with Crippen LogP contribution in [0.4, 0.5) is 0 Å². The Hall–Kier alpha value is -0.830. The minimum Gasteiger partial charge on any atom is -0.364 e. The monoisotopic (exact) mass is 140 g/mol. The van der Waals surface area contributed by atoms with Crippen molar-refractivity contribution in [2.24, 2.45) is 0 Å². The van der Waals surface area contributed by atoms with Gasteiger partial charge in [0.25, 0.3) is 0 Å². The molecule has 3 heteroatoms. The summed E-state index contributed by atoms with van der Waals surface area (Å²) in [6.07, 6.45) is 2.74. The van der Waals surface area contributed by atoms with Crippen molar-refractivity contribution in [3.05, 3.63) is 18.0 Å². The first-order valence-electron chi connectivity index (χ1n) is 3.53. The number of nitrogens with one attached hydrogen (secondary N) is 1. The standard InChI is InChI=1S/C7H12N2O/c1-2-4-8-6-7-3-5-10-9-7/h3,5,8H,2,4,6H2,1H3. The van der Waals surface area contributed by atoms with Gasteiger partial charge in [0.05, 0.1) is 5.69 Å². The average molecular weight is 140 g/mol. The molecule has 0 amide bonds. The Morgan fingerprint density at radius 3 is 3.20 bits per heavy atom. The molecule has 0 radical (unpaired) electrons. The van der Waals surface area contributed by atoms with Gasteiger partial charge in [-0.05, 0) is 13.0 Å². The fourth-order valence-electron chi connectivity index (χ4n) is 0.722. The zero-order chi connectivity index (χ0) is 7.23. The Kier molecular flexibility index (Phi) is 2.96. The Balaban J connectivity index is 2.15. The predicted octanol–water partition coefficient (Wildman–Crippen LogP) is 1.17. The van der Waals surface area contributed by atoms with Gasteiger partial charge in [0, 0.05) is 12.6 Å². The van der Waals surface area contributed by atoms with Crippen LogP contribution in [-0.4, -0.2) is 11.7 Å². The molecular weight excluding hydrogens is 128 g/mol. The number of hydrogen-bond acceptors (Lipinski definition) is 3. The molecular formula is C7H12N2O. The largest absolute Gasteiger partial charge is 0.364 e. The predicted molar refractivity (Wildman–Crippen MR) is 38.5 cm³/mol. The van der Waals surface area contributed by atoms with E-state index in [-0.39, 0.29) is 0 Å². The van der Waals surface area contributed by atoms with E-state index in [9.17, 15) is 0 Å². The second kappa shape index (κ2) is 4.06. The number of aromatic nitrogens is 1. The first kappa shape index (κ1) is 7.28. The summed E-state index contributed by atoms with van der Waals surface area (Å²) in [5.41, 5.74) is 0.966. The van der Waals surface area contributed by atoms with Crippen LogP contribution in [0.25, 0.3) is 0 Å². The van der Waals surface area contributed by atoms with E-state index < -0.39 is 0 Å². The van der Waals surface area contributed by atoms with E-state index in [1.54, 1.807) is 6.26 Å². The lowest BCUT2D eigenvalue weighted by Crippen LogP contribution is -2.13. The summed E-state index contributed by atoms with van der Waals surface area (Å²) < 4.78 is 4.66. The summed E-state index contributed by atoms with van der Waals surface area (Å²) in [6.45, 7) is 3.98. The van der Waals surface area contributed by atoms with Gasteiger partial charge in [-0.1, -0.05) is 12.1 Å². The van der Waals surface area contributed by atoms with Crippen LogP contribution in [0.1, 0.15) is 19.0 Å². The van der Waals surface area contributed by atoms with Gasteiger partial charge in [0.2, 0.25) is 0 Å². The van der Waals surface area contributed by atoms with E-state index in [0.29, 0.717) is 0 Å². The Labute approximate surface area is 60.4 Å². The molecule has 1 N–H and O–H groups in total. The van der Waals surface area contributed by atoms with Gasteiger partial charge in [-0.15, -0.1) is 0 Å². The molecule has 1 aromatic rings. The van der Waals surface area contributed by atoms with Crippen LogP contribution >= 0.6 is 0 Å². The molecule has 0 aliphatic carbocycles. The van der Waals surface area contributed by atoms with Crippen molar-refractivity contribution in [1.82, 2.24) is 10.5 Å². The number of rotatable bonds is 4. The minimum atomic E-state index is 0.810. The third kappa shape index (κ3) is 2.19. The molecule has 0 aromatic carbocycles. The van der Waals surface area contributed by atoms with Crippen molar-refractivity contribution >= 4 is 0 Å². The smallest absolute Gasteiger partial charge is 0.124 e. The topological polar surface area (TPSA) is 38.1 Å². The van der Waals surface area contributed by atoms with Crippen molar-refractivity contribution in [3.8, 4) is 0 Å². The lowest BCUT2D eigenvalue weighted by molar-refractivity contribution is 0.408. The third-order valence-corrected chi connectivity index (χ3v) is 1.22. The number of hydrogen-bond donors (Lipinski definition) is 1.